The van der Waals surface area contributed by atoms with E-state index in [1.807, 2.05) is 32.9 Å². The Morgan fingerprint density at radius 1 is 1.40 bits per heavy atom. The summed E-state index contributed by atoms with van der Waals surface area (Å²) in [5, 5.41) is 6.56. The van der Waals surface area contributed by atoms with Crippen LogP contribution in [0.3, 0.4) is 0 Å². The molecule has 112 valence electrons. The van der Waals surface area contributed by atoms with Crippen molar-refractivity contribution in [1.82, 2.24) is 10.6 Å². The molecular formula is C15H23ClN2O2. The lowest BCUT2D eigenvalue weighted by Crippen LogP contribution is -2.32. The lowest BCUT2D eigenvalue weighted by Gasteiger charge is -2.14. The number of para-hydroxylation sites is 1. The zero-order valence-corrected chi connectivity index (χ0v) is 13.1. The average molecular weight is 299 g/mol. The number of ether oxygens (including phenoxy) is 1. The van der Waals surface area contributed by atoms with Gasteiger partial charge in [-0.15, -0.1) is 0 Å². The fraction of sp³-hybridized carbons (Fsp3) is 0.533. The average Bonchev–Trinajstić information content (AvgIpc) is 2.41. The molecule has 0 radical (unpaired) electrons. The molecule has 0 fully saturated rings. The van der Waals surface area contributed by atoms with Crippen LogP contribution in [0.4, 0.5) is 0 Å². The van der Waals surface area contributed by atoms with Crippen molar-refractivity contribution < 1.29 is 9.53 Å². The number of nitrogens with one attached hydrogen (secondary N) is 2. The molecule has 20 heavy (non-hydrogen) atoms. The number of carbonyl (C=O) groups is 1. The van der Waals surface area contributed by atoms with Crippen LogP contribution in [0.15, 0.2) is 18.2 Å². The van der Waals surface area contributed by atoms with E-state index < -0.39 is 0 Å². The topological polar surface area (TPSA) is 50.4 Å². The van der Waals surface area contributed by atoms with Gasteiger partial charge < -0.3 is 15.4 Å². The number of carbonyl (C=O) groups excluding carboxylic acids is 1. The van der Waals surface area contributed by atoms with Crippen molar-refractivity contribution in [2.24, 2.45) is 5.92 Å². The highest BCUT2D eigenvalue weighted by Crippen LogP contribution is 2.28. The molecule has 4 nitrogen and oxygen atoms in total. The Morgan fingerprint density at radius 2 is 2.15 bits per heavy atom. The van der Waals surface area contributed by atoms with Crippen LogP contribution in [0.25, 0.3) is 0 Å². The van der Waals surface area contributed by atoms with Gasteiger partial charge in [-0.05, 0) is 18.5 Å². The molecule has 0 saturated heterocycles. The first-order chi connectivity index (χ1) is 9.54. The number of benzene rings is 1. The van der Waals surface area contributed by atoms with Crippen molar-refractivity contribution in [1.29, 1.82) is 0 Å². The van der Waals surface area contributed by atoms with Crippen LogP contribution in [-0.4, -0.2) is 25.6 Å². The number of amides is 1. The van der Waals surface area contributed by atoms with Gasteiger partial charge in [-0.25, -0.2) is 0 Å². The fourth-order valence-electron chi connectivity index (χ4n) is 1.62. The van der Waals surface area contributed by atoms with Gasteiger partial charge in [0.15, 0.2) is 6.61 Å². The minimum Gasteiger partial charge on any atom is -0.482 e. The van der Waals surface area contributed by atoms with Crippen molar-refractivity contribution in [3.8, 4) is 5.75 Å². The van der Waals surface area contributed by atoms with Gasteiger partial charge in [0.1, 0.15) is 5.75 Å². The highest BCUT2D eigenvalue weighted by molar-refractivity contribution is 6.32. The maximum absolute atomic E-state index is 11.7. The molecular weight excluding hydrogens is 276 g/mol. The van der Waals surface area contributed by atoms with E-state index in [1.165, 1.54) is 0 Å². The van der Waals surface area contributed by atoms with E-state index in [0.717, 1.165) is 12.1 Å². The van der Waals surface area contributed by atoms with E-state index in [0.29, 0.717) is 29.8 Å². The van der Waals surface area contributed by atoms with Crippen LogP contribution in [0, 0.1) is 5.92 Å². The second kappa shape index (κ2) is 8.82. The largest absolute Gasteiger partial charge is 0.482 e. The third-order valence-electron chi connectivity index (χ3n) is 2.67. The van der Waals surface area contributed by atoms with E-state index in [1.54, 1.807) is 6.07 Å². The van der Waals surface area contributed by atoms with Crippen LogP contribution in [0.5, 0.6) is 5.75 Å². The van der Waals surface area contributed by atoms with Gasteiger partial charge in [-0.1, -0.05) is 44.5 Å². The number of halogens is 1. The molecule has 0 saturated carbocycles. The Hall–Kier alpha value is -1.26. The number of hydrogen-bond acceptors (Lipinski definition) is 3. The predicted octanol–water partition coefficient (Wildman–Crippen LogP) is 2.60. The molecule has 0 bridgehead atoms. The summed E-state index contributed by atoms with van der Waals surface area (Å²) in [5.74, 6) is 0.867. The SMILES string of the molecule is CCNCc1cccc(Cl)c1OCC(=O)NCC(C)C. The van der Waals surface area contributed by atoms with Gasteiger partial charge in [0, 0.05) is 18.7 Å². The van der Waals surface area contributed by atoms with Crippen LogP contribution >= 0.6 is 11.6 Å². The van der Waals surface area contributed by atoms with Crippen molar-refractivity contribution in [3.63, 3.8) is 0 Å². The first-order valence-corrected chi connectivity index (χ1v) is 7.30. The van der Waals surface area contributed by atoms with Crippen molar-refractivity contribution in [2.75, 3.05) is 19.7 Å². The zero-order chi connectivity index (χ0) is 15.0. The first kappa shape index (κ1) is 16.8. The minimum atomic E-state index is -0.131. The van der Waals surface area contributed by atoms with Crippen LogP contribution in [0.1, 0.15) is 26.3 Å². The molecule has 1 aromatic carbocycles. The quantitative estimate of drug-likeness (QED) is 0.775. The normalized spacial score (nSPS) is 10.7. The molecule has 0 atom stereocenters. The summed E-state index contributed by atoms with van der Waals surface area (Å²) < 4.78 is 5.58. The molecule has 0 unspecified atom stereocenters. The van der Waals surface area contributed by atoms with Gasteiger partial charge in [-0.3, -0.25) is 4.79 Å². The molecule has 0 spiro atoms. The van der Waals surface area contributed by atoms with E-state index in [9.17, 15) is 4.79 Å². The standard InChI is InChI=1S/C15H23ClN2O2/c1-4-17-9-12-6-5-7-13(16)15(12)20-10-14(19)18-8-11(2)3/h5-7,11,17H,4,8-10H2,1-3H3,(H,18,19). The Bertz CT molecular complexity index is 436. The molecule has 0 aliphatic rings. The van der Waals surface area contributed by atoms with E-state index >= 15 is 0 Å². The third-order valence-corrected chi connectivity index (χ3v) is 2.97. The van der Waals surface area contributed by atoms with Crippen molar-refractivity contribution in [2.45, 2.75) is 27.3 Å². The highest BCUT2D eigenvalue weighted by Gasteiger charge is 2.10. The number of rotatable bonds is 8. The Balaban J connectivity index is 2.59. The van der Waals surface area contributed by atoms with Gasteiger partial charge in [-0.2, -0.15) is 0 Å². The Kier molecular flexibility index (Phi) is 7.41. The molecule has 0 aliphatic carbocycles. The Labute approximate surface area is 125 Å². The lowest BCUT2D eigenvalue weighted by atomic mass is 10.2. The summed E-state index contributed by atoms with van der Waals surface area (Å²) in [6, 6.07) is 5.58. The van der Waals surface area contributed by atoms with E-state index in [4.69, 9.17) is 16.3 Å². The van der Waals surface area contributed by atoms with Gasteiger partial charge in [0.05, 0.1) is 5.02 Å². The maximum atomic E-state index is 11.7. The lowest BCUT2D eigenvalue weighted by molar-refractivity contribution is -0.123. The van der Waals surface area contributed by atoms with Crippen molar-refractivity contribution in [3.05, 3.63) is 28.8 Å². The van der Waals surface area contributed by atoms with E-state index in [-0.39, 0.29) is 12.5 Å². The minimum absolute atomic E-state index is 0.0183. The summed E-state index contributed by atoms with van der Waals surface area (Å²) in [6.45, 7) is 8.28. The molecule has 1 rings (SSSR count). The molecule has 1 aromatic rings. The second-order valence-electron chi connectivity index (χ2n) is 5.00. The second-order valence-corrected chi connectivity index (χ2v) is 5.40. The summed E-state index contributed by atoms with van der Waals surface area (Å²) in [7, 11) is 0. The zero-order valence-electron chi connectivity index (χ0n) is 12.3. The number of hydrogen-bond donors (Lipinski definition) is 2. The van der Waals surface area contributed by atoms with E-state index in [2.05, 4.69) is 10.6 Å². The molecule has 0 aliphatic heterocycles. The Morgan fingerprint density at radius 3 is 2.80 bits per heavy atom. The molecule has 1 amide bonds. The molecule has 5 heteroatoms. The maximum Gasteiger partial charge on any atom is 0.257 e. The monoisotopic (exact) mass is 298 g/mol. The van der Waals surface area contributed by atoms with Gasteiger partial charge in [0.2, 0.25) is 0 Å². The van der Waals surface area contributed by atoms with Crippen LogP contribution < -0.4 is 15.4 Å². The first-order valence-electron chi connectivity index (χ1n) is 6.92. The van der Waals surface area contributed by atoms with Crippen molar-refractivity contribution >= 4 is 17.5 Å². The third kappa shape index (κ3) is 5.80. The van der Waals surface area contributed by atoms with Crippen LogP contribution in [-0.2, 0) is 11.3 Å². The van der Waals surface area contributed by atoms with Crippen LogP contribution in [0.2, 0.25) is 5.02 Å². The molecule has 0 heterocycles. The van der Waals surface area contributed by atoms with Gasteiger partial charge >= 0.3 is 0 Å². The molecule has 0 aromatic heterocycles. The summed E-state index contributed by atoms with van der Waals surface area (Å²) in [6.07, 6.45) is 0. The summed E-state index contributed by atoms with van der Waals surface area (Å²) in [5.41, 5.74) is 0.955. The fourth-order valence-corrected chi connectivity index (χ4v) is 1.87. The highest BCUT2D eigenvalue weighted by atomic mass is 35.5. The summed E-state index contributed by atoms with van der Waals surface area (Å²) >= 11 is 6.13. The molecule has 2 N–H and O–H groups in total. The smallest absolute Gasteiger partial charge is 0.257 e. The predicted molar refractivity (Wildman–Crippen MR) is 82.2 cm³/mol. The summed E-state index contributed by atoms with van der Waals surface area (Å²) in [4.78, 5) is 11.7. The van der Waals surface area contributed by atoms with Gasteiger partial charge in [0.25, 0.3) is 5.91 Å².